The van der Waals surface area contributed by atoms with E-state index in [-0.39, 0.29) is 37.7 Å². The van der Waals surface area contributed by atoms with E-state index in [0.717, 1.165) is 5.56 Å². The van der Waals surface area contributed by atoms with Crippen molar-refractivity contribution in [2.75, 3.05) is 7.11 Å². The maximum atomic E-state index is 9.11. The van der Waals surface area contributed by atoms with Gasteiger partial charge in [0.25, 0.3) is 0 Å². The van der Waals surface area contributed by atoms with E-state index in [1.54, 1.807) is 0 Å². The van der Waals surface area contributed by atoms with Crippen LogP contribution in [-0.2, 0) is 4.74 Å². The number of ether oxygens (including phenoxy) is 1. The van der Waals surface area contributed by atoms with Crippen molar-refractivity contribution in [1.82, 2.24) is 0 Å². The van der Waals surface area contributed by atoms with Crippen LogP contribution < -0.4 is 0 Å². The number of hydrogen-bond acceptors (Lipinski definition) is 2. The Kier molecular flexibility index (Phi) is 6.19. The normalized spacial score (nSPS) is 11.8. The monoisotopic (exact) mass is 180 g/mol. The van der Waals surface area contributed by atoms with Crippen LogP contribution in [0.5, 0.6) is 0 Å². The third-order valence-electron chi connectivity index (χ3n) is 1.31. The molecule has 0 spiro atoms. The van der Waals surface area contributed by atoms with Crippen LogP contribution in [0.3, 0.4) is 0 Å². The zero-order valence-corrected chi connectivity index (χ0v) is 5.82. The Morgan fingerprint density at radius 1 is 1.27 bits per heavy atom. The van der Waals surface area contributed by atoms with Crippen LogP contribution in [0.1, 0.15) is 11.9 Å². The standard InChI is InChI=1S/C8H10O2.Ca.2H/c1-10-8(9)7-5-3-2-4-6-7;;;/h2-6,8-9H,1H3;;;. The Morgan fingerprint density at radius 2 is 1.82 bits per heavy atom. The van der Waals surface area contributed by atoms with Crippen LogP contribution in [0.2, 0.25) is 0 Å². The number of benzene rings is 1. The average Bonchev–Trinajstić information content (AvgIpc) is 2.05. The summed E-state index contributed by atoms with van der Waals surface area (Å²) in [5.74, 6) is 0. The van der Waals surface area contributed by atoms with E-state index in [2.05, 4.69) is 0 Å². The predicted molar refractivity (Wildman–Crippen MR) is 47.0 cm³/mol. The number of aliphatic hydroxyl groups is 1. The molecule has 58 valence electrons. The van der Waals surface area contributed by atoms with Crippen LogP contribution in [0.4, 0.5) is 0 Å². The maximum absolute atomic E-state index is 9.11. The molecule has 0 aliphatic rings. The zero-order valence-electron chi connectivity index (χ0n) is 5.82. The first-order valence-corrected chi connectivity index (χ1v) is 3.10. The quantitative estimate of drug-likeness (QED) is 0.527. The summed E-state index contributed by atoms with van der Waals surface area (Å²) in [4.78, 5) is 0. The van der Waals surface area contributed by atoms with Crippen molar-refractivity contribution >= 4 is 37.7 Å². The van der Waals surface area contributed by atoms with Gasteiger partial charge in [-0.15, -0.1) is 0 Å². The van der Waals surface area contributed by atoms with Gasteiger partial charge in [0.05, 0.1) is 0 Å². The Hall–Kier alpha value is 0.400. The van der Waals surface area contributed by atoms with Crippen LogP contribution in [-0.4, -0.2) is 50.0 Å². The molecule has 0 fully saturated rings. The minimum atomic E-state index is -0.791. The summed E-state index contributed by atoms with van der Waals surface area (Å²) in [5, 5.41) is 9.11. The summed E-state index contributed by atoms with van der Waals surface area (Å²) in [6.07, 6.45) is -0.791. The van der Waals surface area contributed by atoms with Crippen molar-refractivity contribution in [3.63, 3.8) is 0 Å². The molecule has 0 aromatic heterocycles. The number of rotatable bonds is 2. The first-order chi connectivity index (χ1) is 4.84. The van der Waals surface area contributed by atoms with Gasteiger partial charge in [-0.3, -0.25) is 0 Å². The van der Waals surface area contributed by atoms with Crippen LogP contribution in [0, 0.1) is 0 Å². The van der Waals surface area contributed by atoms with Crippen molar-refractivity contribution in [2.45, 2.75) is 6.29 Å². The van der Waals surface area contributed by atoms with Crippen LogP contribution >= 0.6 is 0 Å². The van der Waals surface area contributed by atoms with Gasteiger partial charge < -0.3 is 9.84 Å². The Morgan fingerprint density at radius 3 is 2.27 bits per heavy atom. The summed E-state index contributed by atoms with van der Waals surface area (Å²) in [6, 6.07) is 9.24. The molecular formula is C8H12CaO2. The Balaban J connectivity index is 0.000001000. The second kappa shape index (κ2) is 5.98. The van der Waals surface area contributed by atoms with Gasteiger partial charge in [0.15, 0.2) is 6.29 Å². The van der Waals surface area contributed by atoms with Gasteiger partial charge in [0, 0.05) is 12.7 Å². The van der Waals surface area contributed by atoms with Crippen molar-refractivity contribution < 1.29 is 9.84 Å². The summed E-state index contributed by atoms with van der Waals surface area (Å²) in [5.41, 5.74) is 0.782. The van der Waals surface area contributed by atoms with Crippen molar-refractivity contribution in [1.29, 1.82) is 0 Å². The Bertz CT molecular complexity index is 189. The summed E-state index contributed by atoms with van der Waals surface area (Å²) < 4.78 is 4.69. The molecule has 0 aliphatic heterocycles. The molecule has 3 heteroatoms. The van der Waals surface area contributed by atoms with Gasteiger partial charge in [-0.1, -0.05) is 30.3 Å². The number of hydrogen-bond donors (Lipinski definition) is 1. The first kappa shape index (κ1) is 11.4. The molecule has 0 aliphatic carbocycles. The molecule has 2 nitrogen and oxygen atoms in total. The van der Waals surface area contributed by atoms with Crippen molar-refractivity contribution in [3.8, 4) is 0 Å². The molecule has 1 aromatic carbocycles. The summed E-state index contributed by atoms with van der Waals surface area (Å²) in [6.45, 7) is 0. The van der Waals surface area contributed by atoms with E-state index in [9.17, 15) is 0 Å². The number of aliphatic hydroxyl groups excluding tert-OH is 1. The average molecular weight is 180 g/mol. The van der Waals surface area contributed by atoms with Gasteiger partial charge in [-0.2, -0.15) is 0 Å². The zero-order chi connectivity index (χ0) is 7.40. The van der Waals surface area contributed by atoms with E-state index in [1.165, 1.54) is 7.11 Å². The second-order valence-corrected chi connectivity index (χ2v) is 2.00. The molecule has 1 rings (SSSR count). The van der Waals surface area contributed by atoms with E-state index >= 15 is 0 Å². The van der Waals surface area contributed by atoms with Crippen LogP contribution in [0.15, 0.2) is 30.3 Å². The minimum absolute atomic E-state index is 0. The first-order valence-electron chi connectivity index (χ1n) is 3.10. The molecule has 1 aromatic rings. The second-order valence-electron chi connectivity index (χ2n) is 2.00. The predicted octanol–water partition coefficient (Wildman–Crippen LogP) is 0.408. The van der Waals surface area contributed by atoms with E-state index < -0.39 is 6.29 Å². The third-order valence-corrected chi connectivity index (χ3v) is 1.31. The third kappa shape index (κ3) is 3.54. The molecule has 0 saturated carbocycles. The van der Waals surface area contributed by atoms with Gasteiger partial charge >= 0.3 is 37.7 Å². The van der Waals surface area contributed by atoms with E-state index in [0.29, 0.717) is 0 Å². The number of methoxy groups -OCH3 is 1. The fraction of sp³-hybridized carbons (Fsp3) is 0.250. The fourth-order valence-electron chi connectivity index (χ4n) is 0.754. The van der Waals surface area contributed by atoms with Crippen molar-refractivity contribution in [3.05, 3.63) is 35.9 Å². The van der Waals surface area contributed by atoms with Gasteiger partial charge in [0.2, 0.25) is 0 Å². The molecule has 0 saturated heterocycles. The SMILES string of the molecule is COC(O)c1ccccc1.[CaH2]. The molecule has 1 atom stereocenters. The summed E-state index contributed by atoms with van der Waals surface area (Å²) >= 11 is 0. The molecule has 11 heavy (non-hydrogen) atoms. The Labute approximate surface area is 96.2 Å². The topological polar surface area (TPSA) is 29.5 Å². The molecular weight excluding hydrogens is 168 g/mol. The molecule has 1 unspecified atom stereocenters. The molecule has 0 bridgehead atoms. The van der Waals surface area contributed by atoms with Gasteiger partial charge in [-0.05, 0) is 0 Å². The van der Waals surface area contributed by atoms with Gasteiger partial charge in [-0.25, -0.2) is 0 Å². The van der Waals surface area contributed by atoms with E-state index in [4.69, 9.17) is 9.84 Å². The van der Waals surface area contributed by atoms with Crippen molar-refractivity contribution in [2.24, 2.45) is 0 Å². The molecule has 0 radical (unpaired) electrons. The van der Waals surface area contributed by atoms with Gasteiger partial charge in [0.1, 0.15) is 0 Å². The van der Waals surface area contributed by atoms with E-state index in [1.807, 2.05) is 30.3 Å². The van der Waals surface area contributed by atoms with Crippen LogP contribution in [0.25, 0.3) is 0 Å². The fourth-order valence-corrected chi connectivity index (χ4v) is 0.754. The molecule has 1 N–H and O–H groups in total. The molecule has 0 heterocycles. The molecule has 0 amide bonds. The summed E-state index contributed by atoms with van der Waals surface area (Å²) in [7, 11) is 1.47.